The van der Waals surface area contributed by atoms with E-state index in [1.54, 1.807) is 6.33 Å². The van der Waals surface area contributed by atoms with E-state index in [2.05, 4.69) is 52.1 Å². The van der Waals surface area contributed by atoms with Gasteiger partial charge in [-0.3, -0.25) is 4.90 Å². The first-order valence-electron chi connectivity index (χ1n) is 7.38. The average molecular weight is 267 g/mol. The van der Waals surface area contributed by atoms with Gasteiger partial charge >= 0.3 is 0 Å². The highest BCUT2D eigenvalue weighted by atomic mass is 15.2. The Kier molecular flexibility index (Phi) is 4.07. The molecule has 104 valence electrons. The zero-order valence-corrected chi connectivity index (χ0v) is 12.0. The van der Waals surface area contributed by atoms with Gasteiger partial charge in [-0.2, -0.15) is 0 Å². The van der Waals surface area contributed by atoms with Gasteiger partial charge < -0.3 is 0 Å². The highest BCUT2D eigenvalue weighted by Gasteiger charge is 2.24. The van der Waals surface area contributed by atoms with E-state index in [1.165, 1.54) is 30.4 Å². The summed E-state index contributed by atoms with van der Waals surface area (Å²) in [6.45, 7) is 4.30. The van der Waals surface area contributed by atoms with Crippen LogP contribution in [0.15, 0.2) is 42.9 Å². The second-order valence-corrected chi connectivity index (χ2v) is 5.60. The molecule has 1 fully saturated rings. The molecule has 1 aromatic heterocycles. The van der Waals surface area contributed by atoms with Crippen molar-refractivity contribution in [2.75, 3.05) is 6.54 Å². The van der Waals surface area contributed by atoms with Crippen LogP contribution in [-0.2, 0) is 6.54 Å². The van der Waals surface area contributed by atoms with Gasteiger partial charge in [0, 0.05) is 12.7 Å². The minimum atomic E-state index is 0.438. The molecule has 1 aliphatic heterocycles. The topological polar surface area (TPSA) is 29.0 Å². The molecule has 0 bridgehead atoms. The summed E-state index contributed by atoms with van der Waals surface area (Å²) in [5, 5.41) is 0. The van der Waals surface area contributed by atoms with Crippen LogP contribution in [-0.4, -0.2) is 21.4 Å². The summed E-state index contributed by atoms with van der Waals surface area (Å²) in [6.07, 6.45) is 7.28. The first kappa shape index (κ1) is 13.3. The van der Waals surface area contributed by atoms with E-state index in [-0.39, 0.29) is 0 Å². The van der Waals surface area contributed by atoms with Crippen molar-refractivity contribution in [1.82, 2.24) is 14.9 Å². The van der Waals surface area contributed by atoms with Gasteiger partial charge in [-0.15, -0.1) is 0 Å². The molecule has 0 spiro atoms. The first-order valence-corrected chi connectivity index (χ1v) is 7.38. The number of hydrogen-bond donors (Lipinski definition) is 0. The molecule has 0 amide bonds. The van der Waals surface area contributed by atoms with Gasteiger partial charge in [0.05, 0.1) is 11.7 Å². The van der Waals surface area contributed by atoms with Crippen molar-refractivity contribution in [3.8, 4) is 0 Å². The van der Waals surface area contributed by atoms with Crippen LogP contribution in [0, 0.1) is 6.92 Å². The van der Waals surface area contributed by atoms with E-state index < -0.39 is 0 Å². The fourth-order valence-electron chi connectivity index (χ4n) is 2.94. The number of rotatable bonds is 3. The van der Waals surface area contributed by atoms with Crippen LogP contribution in [0.3, 0.4) is 0 Å². The highest BCUT2D eigenvalue weighted by Crippen LogP contribution is 2.30. The number of aryl methyl sites for hydroxylation is 1. The Hall–Kier alpha value is -1.74. The van der Waals surface area contributed by atoms with Crippen LogP contribution in [0.2, 0.25) is 0 Å². The lowest BCUT2D eigenvalue weighted by atomic mass is 9.98. The third kappa shape index (κ3) is 3.05. The Labute approximate surface area is 120 Å². The highest BCUT2D eigenvalue weighted by molar-refractivity contribution is 5.21. The van der Waals surface area contributed by atoms with Crippen molar-refractivity contribution in [3.63, 3.8) is 0 Å². The predicted molar refractivity (Wildman–Crippen MR) is 80.2 cm³/mol. The second kappa shape index (κ2) is 6.14. The van der Waals surface area contributed by atoms with E-state index in [0.29, 0.717) is 6.04 Å². The molecule has 0 N–H and O–H groups in total. The van der Waals surface area contributed by atoms with Gasteiger partial charge in [0.15, 0.2) is 0 Å². The summed E-state index contributed by atoms with van der Waals surface area (Å²) >= 11 is 0. The first-order chi connectivity index (χ1) is 9.83. The van der Waals surface area contributed by atoms with Gasteiger partial charge in [-0.25, -0.2) is 9.97 Å². The van der Waals surface area contributed by atoms with Gasteiger partial charge in [0.25, 0.3) is 0 Å². The largest absolute Gasteiger partial charge is 0.291 e. The van der Waals surface area contributed by atoms with Gasteiger partial charge in [0.1, 0.15) is 6.33 Å². The normalized spacial score (nSPS) is 19.9. The van der Waals surface area contributed by atoms with E-state index in [0.717, 1.165) is 18.8 Å². The Morgan fingerprint density at radius 1 is 1.15 bits per heavy atom. The monoisotopic (exact) mass is 267 g/mol. The Morgan fingerprint density at radius 2 is 2.00 bits per heavy atom. The van der Waals surface area contributed by atoms with Crippen LogP contribution >= 0.6 is 0 Å². The molecular weight excluding hydrogens is 246 g/mol. The molecule has 0 radical (unpaired) electrons. The minimum Gasteiger partial charge on any atom is -0.291 e. The number of benzene rings is 1. The van der Waals surface area contributed by atoms with Crippen LogP contribution < -0.4 is 0 Å². The zero-order valence-electron chi connectivity index (χ0n) is 12.0. The number of aromatic nitrogens is 2. The third-order valence-corrected chi connectivity index (χ3v) is 4.07. The van der Waals surface area contributed by atoms with E-state index >= 15 is 0 Å². The second-order valence-electron chi connectivity index (χ2n) is 5.60. The SMILES string of the molecule is Cc1ccc(CN2CCCC[C@@H]2c2ccncn2)cc1. The fraction of sp³-hybridized carbons (Fsp3) is 0.412. The molecule has 0 aliphatic carbocycles. The Morgan fingerprint density at radius 3 is 2.75 bits per heavy atom. The smallest absolute Gasteiger partial charge is 0.115 e. The van der Waals surface area contributed by atoms with Gasteiger partial charge in [-0.1, -0.05) is 36.2 Å². The molecule has 1 saturated heterocycles. The van der Waals surface area contributed by atoms with Crippen molar-refractivity contribution >= 4 is 0 Å². The lowest BCUT2D eigenvalue weighted by Gasteiger charge is -2.35. The minimum absolute atomic E-state index is 0.438. The van der Waals surface area contributed by atoms with Crippen LogP contribution in [0.25, 0.3) is 0 Å². The zero-order chi connectivity index (χ0) is 13.8. The summed E-state index contributed by atoms with van der Waals surface area (Å²) in [6, 6.07) is 11.4. The van der Waals surface area contributed by atoms with E-state index in [1.807, 2.05) is 6.20 Å². The van der Waals surface area contributed by atoms with Crippen molar-refractivity contribution in [1.29, 1.82) is 0 Å². The maximum absolute atomic E-state index is 4.46. The summed E-state index contributed by atoms with van der Waals surface area (Å²) in [7, 11) is 0. The van der Waals surface area contributed by atoms with Crippen LogP contribution in [0.4, 0.5) is 0 Å². The Bertz CT molecular complexity index is 536. The number of hydrogen-bond acceptors (Lipinski definition) is 3. The molecule has 2 heterocycles. The number of nitrogens with zero attached hydrogens (tertiary/aromatic N) is 3. The summed E-state index contributed by atoms with van der Waals surface area (Å²) in [4.78, 5) is 11.0. The van der Waals surface area contributed by atoms with Crippen molar-refractivity contribution < 1.29 is 0 Å². The summed E-state index contributed by atoms with van der Waals surface area (Å²) in [5.74, 6) is 0. The van der Waals surface area contributed by atoms with Gasteiger partial charge in [-0.05, 0) is 37.9 Å². The molecule has 0 unspecified atom stereocenters. The molecule has 20 heavy (non-hydrogen) atoms. The van der Waals surface area contributed by atoms with Crippen LogP contribution in [0.5, 0.6) is 0 Å². The molecule has 2 aromatic rings. The van der Waals surface area contributed by atoms with Crippen molar-refractivity contribution in [2.24, 2.45) is 0 Å². The Balaban J connectivity index is 1.77. The van der Waals surface area contributed by atoms with E-state index in [9.17, 15) is 0 Å². The average Bonchev–Trinajstić information content (AvgIpc) is 2.51. The van der Waals surface area contributed by atoms with Crippen molar-refractivity contribution in [2.45, 2.75) is 38.8 Å². The van der Waals surface area contributed by atoms with E-state index in [4.69, 9.17) is 0 Å². The van der Waals surface area contributed by atoms with Gasteiger partial charge in [0.2, 0.25) is 0 Å². The summed E-state index contributed by atoms with van der Waals surface area (Å²) in [5.41, 5.74) is 3.86. The fourth-order valence-corrected chi connectivity index (χ4v) is 2.94. The molecule has 1 aromatic carbocycles. The quantitative estimate of drug-likeness (QED) is 0.852. The standard InChI is InChI=1S/C17H21N3/c1-14-5-7-15(8-6-14)12-20-11-3-2-4-17(20)16-9-10-18-13-19-16/h5-10,13,17H,2-4,11-12H2,1H3/t17-/m1/s1. The molecule has 1 atom stereocenters. The maximum Gasteiger partial charge on any atom is 0.115 e. The lowest BCUT2D eigenvalue weighted by molar-refractivity contribution is 0.137. The maximum atomic E-state index is 4.46. The lowest BCUT2D eigenvalue weighted by Crippen LogP contribution is -2.33. The molecular formula is C17H21N3. The van der Waals surface area contributed by atoms with Crippen molar-refractivity contribution in [3.05, 3.63) is 59.7 Å². The predicted octanol–water partition coefficient (Wildman–Crippen LogP) is 3.51. The summed E-state index contributed by atoms with van der Waals surface area (Å²) < 4.78 is 0. The molecule has 1 aliphatic rings. The molecule has 3 nitrogen and oxygen atoms in total. The molecule has 3 rings (SSSR count). The number of likely N-dealkylation sites (tertiary alicyclic amines) is 1. The van der Waals surface area contributed by atoms with Crippen LogP contribution in [0.1, 0.15) is 42.1 Å². The molecule has 3 heteroatoms. The number of piperidine rings is 1. The third-order valence-electron chi connectivity index (χ3n) is 4.07. The molecule has 0 saturated carbocycles.